The van der Waals surface area contributed by atoms with E-state index < -0.39 is 23.9 Å². The van der Waals surface area contributed by atoms with Crippen LogP contribution in [0.4, 0.5) is 0 Å². The van der Waals surface area contributed by atoms with Gasteiger partial charge in [-0.2, -0.15) is 0 Å². The molecule has 0 spiro atoms. The van der Waals surface area contributed by atoms with Crippen LogP contribution in [-0.2, 0) is 57.2 Å². The van der Waals surface area contributed by atoms with Gasteiger partial charge in [-0.05, 0) is 315 Å². The van der Waals surface area contributed by atoms with Crippen LogP contribution in [0.15, 0.2) is 182 Å². The minimum Gasteiger partial charge on any atom is -0.494 e. The average Bonchev–Trinajstić information content (AvgIpc) is 1.55. The van der Waals surface area contributed by atoms with Crippen LogP contribution in [0.3, 0.4) is 0 Å². The summed E-state index contributed by atoms with van der Waals surface area (Å²) in [6.07, 6.45) is 27.4. The number of carbonyl (C=O) groups excluding carboxylic acids is 6. The van der Waals surface area contributed by atoms with Crippen molar-refractivity contribution in [1.82, 2.24) is 19.9 Å². The Kier molecular flexibility index (Phi) is 40.4. The second-order valence-electron chi connectivity index (χ2n) is 31.9. The molecule has 8 bridgehead atoms. The second kappa shape index (κ2) is 52.4. The molecule has 126 heavy (non-hydrogen) atoms. The summed E-state index contributed by atoms with van der Waals surface area (Å²) in [6.45, 7) is 36.5. The molecule has 9 rings (SSSR count). The van der Waals surface area contributed by atoms with E-state index in [1.807, 2.05) is 60.7 Å². The molecule has 0 atom stereocenters. The number of unbranched alkanes of at least 4 members (excludes halogenated alkanes) is 18. The van der Waals surface area contributed by atoms with Gasteiger partial charge < -0.3 is 66.8 Å². The topological polar surface area (TPSA) is 271 Å². The minimum atomic E-state index is -0.398. The molecule has 5 heterocycles. The molecule has 2 aliphatic heterocycles. The summed E-state index contributed by atoms with van der Waals surface area (Å²) >= 11 is 0. The van der Waals surface area contributed by atoms with Crippen LogP contribution < -0.4 is 28.4 Å². The lowest BCUT2D eigenvalue weighted by atomic mass is 10.0. The third kappa shape index (κ3) is 31.6. The highest BCUT2D eigenvalue weighted by Gasteiger charge is 2.23. The number of ether oxygens (including phenoxy) is 12. The molecular weight excluding hydrogens is 1590 g/mol. The maximum atomic E-state index is 12.2. The van der Waals surface area contributed by atoms with Gasteiger partial charge in [-0.3, -0.25) is 0 Å². The standard InChI is InChI=1S/C104H126N4O18/c1-71(2)99(109)121-63-31-19-13-25-57-115-81-43-37-77(38-44-81)95-83-47-51-87(105-83)97(79-41-55-91(117-59-27-15-21-33-65-123-101(111)73(5)6)93(69-79)119-61-29-17-23-35-67-125-103(113)75(9)10)89-53-49-85(107-89)96(78-39-45-82(46-40-78)116-58-26-14-20-32-64-122-100(110)72(3)4)86-50-54-90(108-86)98(88-52-48-84(95)106-88)80-42-56-92(118-60-28-16-22-34-66-124-102(112)74(7)8)94(70-80)120-62-30-18-24-36-68-126-104(114)76(11)12/h37-56,69-70,105,108H,1,3,5,7,9,11,13-36,57-68H2,2,4,6,8,10,12H3. The summed E-state index contributed by atoms with van der Waals surface area (Å²) in [5.41, 5.74) is 14.5. The fourth-order valence-electron chi connectivity index (χ4n) is 13.8. The van der Waals surface area contributed by atoms with E-state index in [2.05, 4.69) is 122 Å². The first-order valence-corrected chi connectivity index (χ1v) is 44.4. The highest BCUT2D eigenvalue weighted by Crippen LogP contribution is 2.43. The molecule has 0 fully saturated rings. The average molecular weight is 1720 g/mol. The third-order valence-corrected chi connectivity index (χ3v) is 20.8. The van der Waals surface area contributed by atoms with Gasteiger partial charge >= 0.3 is 35.8 Å². The smallest absolute Gasteiger partial charge is 0.333 e. The molecule has 2 N–H and O–H groups in total. The molecule has 0 saturated heterocycles. The van der Waals surface area contributed by atoms with E-state index in [-0.39, 0.29) is 11.9 Å². The number of aromatic amines is 2. The zero-order valence-corrected chi connectivity index (χ0v) is 74.6. The maximum absolute atomic E-state index is 12.2. The van der Waals surface area contributed by atoms with Crippen LogP contribution in [0.2, 0.25) is 0 Å². The van der Waals surface area contributed by atoms with Crippen molar-refractivity contribution in [3.8, 4) is 79.0 Å². The van der Waals surface area contributed by atoms with Gasteiger partial charge in [-0.25, -0.2) is 38.7 Å². The molecule has 22 heteroatoms. The first kappa shape index (κ1) is 97.3. The Labute approximate surface area is 742 Å². The van der Waals surface area contributed by atoms with Gasteiger partial charge in [0.05, 0.1) is 102 Å². The Bertz CT molecular complexity index is 4840. The molecule has 0 aliphatic carbocycles. The lowest BCUT2D eigenvalue weighted by Gasteiger charge is -2.15. The van der Waals surface area contributed by atoms with E-state index in [1.165, 1.54) is 0 Å². The number of hydrogen-bond acceptors (Lipinski definition) is 20. The Morgan fingerprint density at radius 1 is 0.238 bits per heavy atom. The summed E-state index contributed by atoms with van der Waals surface area (Å²) in [5.74, 6) is 1.34. The molecular formula is C104H126N4O18. The molecule has 4 aromatic carbocycles. The Morgan fingerprint density at radius 2 is 0.437 bits per heavy atom. The predicted molar refractivity (Wildman–Crippen MR) is 499 cm³/mol. The lowest BCUT2D eigenvalue weighted by molar-refractivity contribution is -0.139. The monoisotopic (exact) mass is 1720 g/mol. The van der Waals surface area contributed by atoms with Gasteiger partial charge in [-0.1, -0.05) is 75.9 Å². The van der Waals surface area contributed by atoms with Crippen LogP contribution in [0.25, 0.3) is 90.9 Å². The molecule has 0 radical (unpaired) electrons. The number of carbonyl (C=O) groups is 6. The van der Waals surface area contributed by atoms with Crippen LogP contribution in [0.1, 0.15) is 218 Å². The van der Waals surface area contributed by atoms with Crippen molar-refractivity contribution in [2.75, 3.05) is 79.3 Å². The number of aromatic nitrogens is 4. The molecule has 670 valence electrons. The van der Waals surface area contributed by atoms with E-state index in [1.54, 1.807) is 41.5 Å². The first-order valence-electron chi connectivity index (χ1n) is 44.4. The zero-order valence-electron chi connectivity index (χ0n) is 74.6. The summed E-state index contributed by atoms with van der Waals surface area (Å²) in [5, 5.41) is 0. The van der Waals surface area contributed by atoms with Gasteiger partial charge in [-0.15, -0.1) is 0 Å². The van der Waals surface area contributed by atoms with Gasteiger partial charge in [0.25, 0.3) is 0 Å². The summed E-state index contributed by atoms with van der Waals surface area (Å²) < 4.78 is 71.7. The van der Waals surface area contributed by atoms with Crippen LogP contribution in [0, 0.1) is 0 Å². The number of rotatable bonds is 58. The van der Waals surface area contributed by atoms with E-state index in [9.17, 15) is 28.8 Å². The fraction of sp³-hybridized carbons (Fsp3) is 0.404. The van der Waals surface area contributed by atoms with Crippen molar-refractivity contribution in [2.24, 2.45) is 0 Å². The van der Waals surface area contributed by atoms with E-state index >= 15 is 0 Å². The van der Waals surface area contributed by atoms with Crippen molar-refractivity contribution in [3.05, 3.63) is 205 Å². The quantitative estimate of drug-likeness (QED) is 0.0155. The van der Waals surface area contributed by atoms with Gasteiger partial charge in [0.1, 0.15) is 11.5 Å². The van der Waals surface area contributed by atoms with Gasteiger partial charge in [0.2, 0.25) is 0 Å². The highest BCUT2D eigenvalue weighted by atomic mass is 16.6. The van der Waals surface area contributed by atoms with Crippen LogP contribution in [-0.4, -0.2) is 135 Å². The lowest BCUT2D eigenvalue weighted by Crippen LogP contribution is -2.06. The second-order valence-corrected chi connectivity index (χ2v) is 31.9. The van der Waals surface area contributed by atoms with Crippen molar-refractivity contribution >= 4 is 82.2 Å². The van der Waals surface area contributed by atoms with Crippen molar-refractivity contribution in [3.63, 3.8) is 0 Å². The molecule has 7 aromatic rings. The van der Waals surface area contributed by atoms with Crippen molar-refractivity contribution in [2.45, 2.75) is 196 Å². The number of esters is 6. The number of hydrogen-bond donors (Lipinski definition) is 2. The SMILES string of the molecule is C=C(C)C(=O)OCCCCCCOc1ccc(-c2c3nc(c(-c4ccc(OCCCCCCOC(=O)C(=C)C)c(OCCCCCCOC(=O)C(=C)C)c4)c4ccc([nH]4)c(-c4ccc(OCCCCCCOC(=O)C(=C)C)cc4)c4nc(c(-c5ccc(OCCCCCCOC(=O)C(=C)C)c(OCCCCCCOC(=O)C(=C)C)c5)c5ccc2[nH]5)C=C4)C=C3)cc1. The molecule has 0 unspecified atom stereocenters. The van der Waals surface area contributed by atoms with E-state index in [0.717, 1.165) is 195 Å². The van der Waals surface area contributed by atoms with Crippen molar-refractivity contribution < 1.29 is 85.6 Å². The molecule has 22 nitrogen and oxygen atoms in total. The predicted octanol–water partition coefficient (Wildman–Crippen LogP) is 23.7. The fourth-order valence-corrected chi connectivity index (χ4v) is 13.8. The Balaban J connectivity index is 1.17. The maximum Gasteiger partial charge on any atom is 0.333 e. The normalized spacial score (nSPS) is 11.3. The summed E-state index contributed by atoms with van der Waals surface area (Å²) in [6, 6.07) is 36.6. The largest absolute Gasteiger partial charge is 0.494 e. The molecule has 3 aromatic heterocycles. The van der Waals surface area contributed by atoms with Crippen LogP contribution in [0.5, 0.6) is 34.5 Å². The van der Waals surface area contributed by atoms with Gasteiger partial charge in [0, 0.05) is 77.8 Å². The minimum absolute atomic E-state index is 0.306. The van der Waals surface area contributed by atoms with E-state index in [4.69, 9.17) is 66.8 Å². The van der Waals surface area contributed by atoms with Gasteiger partial charge in [0.15, 0.2) is 23.0 Å². The molecule has 0 saturated carbocycles. The first-order chi connectivity index (χ1) is 61.0. The highest BCUT2D eigenvalue weighted by molar-refractivity contribution is 6.01. The number of benzene rings is 4. The number of nitrogens with one attached hydrogen (secondary N) is 2. The number of nitrogens with zero attached hydrogens (tertiary/aromatic N) is 2. The zero-order chi connectivity index (χ0) is 90.0. The van der Waals surface area contributed by atoms with Crippen molar-refractivity contribution in [1.29, 1.82) is 0 Å². The van der Waals surface area contributed by atoms with Crippen LogP contribution >= 0.6 is 0 Å². The van der Waals surface area contributed by atoms with E-state index in [0.29, 0.717) is 196 Å². The number of fused-ring (bicyclic) bond motifs is 8. The molecule has 0 amide bonds. The Hall–Kier alpha value is -12.5. The summed E-state index contributed by atoms with van der Waals surface area (Å²) in [7, 11) is 0. The Morgan fingerprint density at radius 3 is 0.667 bits per heavy atom. The summed E-state index contributed by atoms with van der Waals surface area (Å²) in [4.78, 5) is 91.6. The molecule has 2 aliphatic rings. The number of H-pyrrole nitrogens is 2. The third-order valence-electron chi connectivity index (χ3n) is 20.8.